The molecule has 2 nitrogen and oxygen atoms in total. The van der Waals surface area contributed by atoms with E-state index in [1.807, 2.05) is 13.0 Å². The van der Waals surface area contributed by atoms with E-state index in [1.54, 1.807) is 6.20 Å². The fraction of sp³-hybridized carbons (Fsp3) is 0.417. The molecule has 0 bridgehead atoms. The monoisotopic (exact) mass is 188 g/mol. The molecule has 1 unspecified atom stereocenters. The molecule has 0 fully saturated rings. The van der Waals surface area contributed by atoms with Crippen LogP contribution >= 0.6 is 0 Å². The maximum Gasteiger partial charge on any atom is 0.0448 e. The highest BCUT2D eigenvalue weighted by atomic mass is 14.9. The summed E-state index contributed by atoms with van der Waals surface area (Å²) in [5, 5.41) is 3.36. The highest BCUT2D eigenvalue weighted by Crippen LogP contribution is 2.18. The molecule has 0 saturated heterocycles. The Hall–Kier alpha value is -1.33. The van der Waals surface area contributed by atoms with Crippen molar-refractivity contribution in [2.45, 2.75) is 26.3 Å². The van der Waals surface area contributed by atoms with Crippen molar-refractivity contribution in [1.29, 1.82) is 0 Å². The van der Waals surface area contributed by atoms with E-state index >= 15 is 0 Å². The van der Waals surface area contributed by atoms with Gasteiger partial charge in [0.1, 0.15) is 0 Å². The van der Waals surface area contributed by atoms with Gasteiger partial charge in [0.25, 0.3) is 0 Å². The lowest BCUT2D eigenvalue weighted by atomic mass is 10.0. The van der Waals surface area contributed by atoms with Crippen molar-refractivity contribution in [3.63, 3.8) is 0 Å². The first-order valence-corrected chi connectivity index (χ1v) is 4.88. The van der Waals surface area contributed by atoms with E-state index in [4.69, 9.17) is 6.42 Å². The van der Waals surface area contributed by atoms with Crippen LogP contribution in [0.5, 0.6) is 0 Å². The van der Waals surface area contributed by atoms with Crippen molar-refractivity contribution in [2.24, 2.45) is 0 Å². The van der Waals surface area contributed by atoms with Gasteiger partial charge < -0.3 is 5.32 Å². The van der Waals surface area contributed by atoms with Crippen LogP contribution in [-0.4, -0.2) is 11.5 Å². The van der Waals surface area contributed by atoms with E-state index < -0.39 is 0 Å². The summed E-state index contributed by atoms with van der Waals surface area (Å²) in [6.07, 6.45) is 7.85. The van der Waals surface area contributed by atoms with Gasteiger partial charge in [0.15, 0.2) is 0 Å². The van der Waals surface area contributed by atoms with Crippen LogP contribution in [0.2, 0.25) is 0 Å². The normalized spacial score (nSPS) is 12.1. The molecule has 0 aliphatic rings. The van der Waals surface area contributed by atoms with Crippen LogP contribution in [0, 0.1) is 19.3 Å². The molecule has 1 atom stereocenters. The molecule has 1 heterocycles. The predicted octanol–water partition coefficient (Wildman–Crippen LogP) is 2.06. The Morgan fingerprint density at radius 2 is 2.43 bits per heavy atom. The van der Waals surface area contributed by atoms with Gasteiger partial charge in [0, 0.05) is 24.4 Å². The van der Waals surface area contributed by atoms with Crippen molar-refractivity contribution < 1.29 is 0 Å². The van der Waals surface area contributed by atoms with Crippen LogP contribution in [0.4, 0.5) is 0 Å². The molecule has 0 aromatic carbocycles. The number of nitrogens with one attached hydrogen (secondary N) is 1. The third-order valence-corrected chi connectivity index (χ3v) is 2.20. The van der Waals surface area contributed by atoms with Crippen molar-refractivity contribution in [3.8, 4) is 12.3 Å². The second kappa shape index (κ2) is 5.41. The van der Waals surface area contributed by atoms with Crippen molar-refractivity contribution in [3.05, 3.63) is 29.6 Å². The van der Waals surface area contributed by atoms with E-state index in [2.05, 4.69) is 29.2 Å². The summed E-state index contributed by atoms with van der Waals surface area (Å²) in [6, 6.07) is 4.26. The summed E-state index contributed by atoms with van der Waals surface area (Å²) >= 11 is 0. The number of nitrogens with zero attached hydrogens (tertiary/aromatic N) is 1. The van der Waals surface area contributed by atoms with Crippen LogP contribution < -0.4 is 5.32 Å². The Morgan fingerprint density at radius 3 is 3.00 bits per heavy atom. The Kier molecular flexibility index (Phi) is 4.15. The number of rotatable bonds is 4. The summed E-state index contributed by atoms with van der Waals surface area (Å²) in [4.78, 5) is 4.26. The molecule has 0 amide bonds. The van der Waals surface area contributed by atoms with E-state index in [-0.39, 0.29) is 6.04 Å². The maximum absolute atomic E-state index is 5.34. The number of aryl methyl sites for hydroxylation is 1. The van der Waals surface area contributed by atoms with Gasteiger partial charge in [-0.3, -0.25) is 4.98 Å². The van der Waals surface area contributed by atoms with Gasteiger partial charge in [-0.05, 0) is 25.1 Å². The minimum atomic E-state index is 0.235. The molecule has 0 radical (unpaired) electrons. The summed E-state index contributed by atoms with van der Waals surface area (Å²) in [5.74, 6) is 2.69. The number of pyridine rings is 1. The molecule has 0 spiro atoms. The standard InChI is InChI=1S/C12H16N2/c1-4-7-12(13-5-2)11-8-6-9-14-10(11)3/h1,6,8-9,12-13H,5,7H2,2-3H3. The van der Waals surface area contributed by atoms with Gasteiger partial charge in [-0.25, -0.2) is 0 Å². The minimum Gasteiger partial charge on any atom is -0.309 e. The third-order valence-electron chi connectivity index (χ3n) is 2.20. The molecule has 1 rings (SSSR count). The fourth-order valence-electron chi connectivity index (χ4n) is 1.52. The lowest BCUT2D eigenvalue weighted by Gasteiger charge is -2.16. The van der Waals surface area contributed by atoms with Gasteiger partial charge in [-0.1, -0.05) is 13.0 Å². The molecule has 0 aliphatic heterocycles. The topological polar surface area (TPSA) is 24.9 Å². The lowest BCUT2D eigenvalue weighted by Crippen LogP contribution is -2.21. The molecule has 74 valence electrons. The Morgan fingerprint density at radius 1 is 1.64 bits per heavy atom. The second-order valence-electron chi connectivity index (χ2n) is 3.20. The number of terminal acetylenes is 1. The average Bonchev–Trinajstić information content (AvgIpc) is 2.18. The van der Waals surface area contributed by atoms with Crippen LogP contribution in [-0.2, 0) is 0 Å². The second-order valence-corrected chi connectivity index (χ2v) is 3.20. The van der Waals surface area contributed by atoms with Crippen LogP contribution in [0.25, 0.3) is 0 Å². The molecule has 0 aliphatic carbocycles. The number of aromatic nitrogens is 1. The minimum absolute atomic E-state index is 0.235. The molecular weight excluding hydrogens is 172 g/mol. The molecule has 1 N–H and O–H groups in total. The summed E-state index contributed by atoms with van der Waals surface area (Å²) in [6.45, 7) is 5.01. The fourth-order valence-corrected chi connectivity index (χ4v) is 1.52. The molecule has 0 saturated carbocycles. The molecule has 1 aromatic rings. The predicted molar refractivity (Wildman–Crippen MR) is 58.8 cm³/mol. The smallest absolute Gasteiger partial charge is 0.0448 e. The van der Waals surface area contributed by atoms with E-state index in [0.717, 1.165) is 12.2 Å². The summed E-state index contributed by atoms with van der Waals surface area (Å²) in [5.41, 5.74) is 2.25. The summed E-state index contributed by atoms with van der Waals surface area (Å²) in [7, 11) is 0. The average molecular weight is 188 g/mol. The van der Waals surface area contributed by atoms with Crippen LogP contribution in [0.1, 0.15) is 30.6 Å². The van der Waals surface area contributed by atoms with Crippen molar-refractivity contribution in [1.82, 2.24) is 10.3 Å². The Labute approximate surface area is 85.8 Å². The van der Waals surface area contributed by atoms with E-state index in [0.29, 0.717) is 6.42 Å². The highest BCUT2D eigenvalue weighted by molar-refractivity contribution is 5.23. The SMILES string of the molecule is C#CCC(NCC)c1cccnc1C. The van der Waals surface area contributed by atoms with Crippen LogP contribution in [0.3, 0.4) is 0 Å². The largest absolute Gasteiger partial charge is 0.309 e. The van der Waals surface area contributed by atoms with Crippen molar-refractivity contribution in [2.75, 3.05) is 6.54 Å². The van der Waals surface area contributed by atoms with Crippen molar-refractivity contribution >= 4 is 0 Å². The maximum atomic E-state index is 5.34. The number of hydrogen-bond acceptors (Lipinski definition) is 2. The molecule has 14 heavy (non-hydrogen) atoms. The van der Waals surface area contributed by atoms with E-state index in [1.165, 1.54) is 5.56 Å². The first-order valence-electron chi connectivity index (χ1n) is 4.88. The third kappa shape index (κ3) is 2.58. The lowest BCUT2D eigenvalue weighted by molar-refractivity contribution is 0.560. The zero-order valence-electron chi connectivity index (χ0n) is 8.75. The van der Waals surface area contributed by atoms with E-state index in [9.17, 15) is 0 Å². The Balaban J connectivity index is 2.88. The molecule has 2 heteroatoms. The Bertz CT molecular complexity index is 325. The zero-order valence-corrected chi connectivity index (χ0v) is 8.75. The summed E-state index contributed by atoms with van der Waals surface area (Å²) < 4.78 is 0. The number of hydrogen-bond donors (Lipinski definition) is 1. The first kappa shape index (κ1) is 10.7. The molecular formula is C12H16N2. The van der Waals surface area contributed by atoms with Gasteiger partial charge >= 0.3 is 0 Å². The van der Waals surface area contributed by atoms with Gasteiger partial charge in [-0.15, -0.1) is 12.3 Å². The molecule has 1 aromatic heterocycles. The highest BCUT2D eigenvalue weighted by Gasteiger charge is 2.10. The first-order chi connectivity index (χ1) is 6.79. The van der Waals surface area contributed by atoms with Gasteiger partial charge in [-0.2, -0.15) is 0 Å². The van der Waals surface area contributed by atoms with Crippen LogP contribution in [0.15, 0.2) is 18.3 Å². The quantitative estimate of drug-likeness (QED) is 0.732. The zero-order chi connectivity index (χ0) is 10.4. The van der Waals surface area contributed by atoms with Gasteiger partial charge in [0.2, 0.25) is 0 Å². The van der Waals surface area contributed by atoms with Gasteiger partial charge in [0.05, 0.1) is 0 Å².